The number of hydrogen-bond donors (Lipinski definition) is 1. The molecule has 100 valence electrons. The zero-order chi connectivity index (χ0) is 13.3. The molecule has 1 nitrogen and oxygen atoms in total. The largest absolute Gasteiger partial charge is 0.312 e. The van der Waals surface area contributed by atoms with Crippen LogP contribution in [0.1, 0.15) is 16.7 Å². The second-order valence-corrected chi connectivity index (χ2v) is 5.81. The Balaban J connectivity index is 1.58. The van der Waals surface area contributed by atoms with Crippen LogP contribution in [0.15, 0.2) is 54.6 Å². The standard InChI is InChI=1S/C17H21NS/c1-15-6-5-9-17(12-15)14-19-11-10-18-13-16-7-3-2-4-8-16/h2-9,12,18H,10-11,13-14H2,1H3. The second kappa shape index (κ2) is 8.03. The number of benzene rings is 2. The average Bonchev–Trinajstić information content (AvgIpc) is 2.44. The Morgan fingerprint density at radius 2 is 1.74 bits per heavy atom. The molecule has 2 aromatic carbocycles. The van der Waals surface area contributed by atoms with Crippen LogP contribution in [0.2, 0.25) is 0 Å². The molecule has 0 saturated heterocycles. The van der Waals surface area contributed by atoms with Gasteiger partial charge in [0, 0.05) is 24.6 Å². The Kier molecular flexibility index (Phi) is 5.99. The van der Waals surface area contributed by atoms with Gasteiger partial charge in [-0.15, -0.1) is 0 Å². The Hall–Kier alpha value is -1.25. The van der Waals surface area contributed by atoms with Crippen LogP contribution in [0.5, 0.6) is 0 Å². The molecule has 0 aliphatic heterocycles. The summed E-state index contributed by atoms with van der Waals surface area (Å²) in [6, 6.07) is 19.3. The molecule has 1 N–H and O–H groups in total. The molecular formula is C17H21NS. The Labute approximate surface area is 120 Å². The zero-order valence-electron chi connectivity index (χ0n) is 11.4. The molecule has 0 aromatic heterocycles. The molecule has 2 heteroatoms. The molecule has 0 aliphatic carbocycles. The van der Waals surface area contributed by atoms with Crippen molar-refractivity contribution in [3.05, 3.63) is 71.3 Å². The van der Waals surface area contributed by atoms with Crippen LogP contribution in [-0.2, 0) is 12.3 Å². The lowest BCUT2D eigenvalue weighted by Crippen LogP contribution is -2.16. The minimum atomic E-state index is 0.964. The van der Waals surface area contributed by atoms with Crippen molar-refractivity contribution >= 4 is 11.8 Å². The van der Waals surface area contributed by atoms with E-state index in [2.05, 4.69) is 66.8 Å². The molecule has 0 spiro atoms. The maximum absolute atomic E-state index is 3.48. The van der Waals surface area contributed by atoms with Gasteiger partial charge in [0.05, 0.1) is 0 Å². The molecule has 0 radical (unpaired) electrons. The fourth-order valence-corrected chi connectivity index (χ4v) is 2.81. The number of aryl methyl sites for hydroxylation is 1. The van der Waals surface area contributed by atoms with Gasteiger partial charge in [0.15, 0.2) is 0 Å². The molecule has 0 bridgehead atoms. The van der Waals surface area contributed by atoms with Crippen molar-refractivity contribution in [1.82, 2.24) is 5.32 Å². The molecule has 2 rings (SSSR count). The molecular weight excluding hydrogens is 250 g/mol. The number of hydrogen-bond acceptors (Lipinski definition) is 2. The van der Waals surface area contributed by atoms with Gasteiger partial charge in [-0.05, 0) is 18.1 Å². The highest BCUT2D eigenvalue weighted by Crippen LogP contribution is 2.12. The van der Waals surface area contributed by atoms with Crippen LogP contribution in [0.3, 0.4) is 0 Å². The van der Waals surface area contributed by atoms with Gasteiger partial charge in [0.25, 0.3) is 0 Å². The number of nitrogens with one attached hydrogen (secondary N) is 1. The summed E-state index contributed by atoms with van der Waals surface area (Å²) in [6.07, 6.45) is 0. The summed E-state index contributed by atoms with van der Waals surface area (Å²) in [4.78, 5) is 0. The van der Waals surface area contributed by atoms with Gasteiger partial charge < -0.3 is 5.32 Å². The SMILES string of the molecule is Cc1cccc(CSCCNCc2ccccc2)c1. The summed E-state index contributed by atoms with van der Waals surface area (Å²) in [5.41, 5.74) is 4.12. The summed E-state index contributed by atoms with van der Waals surface area (Å²) >= 11 is 1.99. The second-order valence-electron chi connectivity index (χ2n) is 4.70. The van der Waals surface area contributed by atoms with E-state index in [4.69, 9.17) is 0 Å². The molecule has 0 saturated carbocycles. The number of rotatable bonds is 7. The fourth-order valence-electron chi connectivity index (χ4n) is 1.96. The molecule has 0 atom stereocenters. The third-order valence-electron chi connectivity index (χ3n) is 2.95. The van der Waals surface area contributed by atoms with Crippen molar-refractivity contribution in [3.63, 3.8) is 0 Å². The average molecular weight is 271 g/mol. The Morgan fingerprint density at radius 1 is 0.947 bits per heavy atom. The van der Waals surface area contributed by atoms with Crippen molar-refractivity contribution in [2.24, 2.45) is 0 Å². The van der Waals surface area contributed by atoms with Gasteiger partial charge in [0.1, 0.15) is 0 Å². The summed E-state index contributed by atoms with van der Waals surface area (Å²) in [6.45, 7) is 4.17. The maximum atomic E-state index is 3.48. The zero-order valence-corrected chi connectivity index (χ0v) is 12.2. The lowest BCUT2D eigenvalue weighted by Gasteiger charge is -2.05. The molecule has 0 heterocycles. The minimum Gasteiger partial charge on any atom is -0.312 e. The Morgan fingerprint density at radius 3 is 2.53 bits per heavy atom. The summed E-state index contributed by atoms with van der Waals surface area (Å²) in [7, 11) is 0. The molecule has 2 aromatic rings. The highest BCUT2D eigenvalue weighted by atomic mass is 32.2. The van der Waals surface area contributed by atoms with E-state index in [9.17, 15) is 0 Å². The highest BCUT2D eigenvalue weighted by molar-refractivity contribution is 7.98. The lowest BCUT2D eigenvalue weighted by atomic mass is 10.2. The van der Waals surface area contributed by atoms with Gasteiger partial charge in [-0.1, -0.05) is 60.2 Å². The van der Waals surface area contributed by atoms with Crippen molar-refractivity contribution in [3.8, 4) is 0 Å². The van der Waals surface area contributed by atoms with E-state index in [0.29, 0.717) is 0 Å². The van der Waals surface area contributed by atoms with Crippen LogP contribution in [0.25, 0.3) is 0 Å². The first-order valence-electron chi connectivity index (χ1n) is 6.72. The lowest BCUT2D eigenvalue weighted by molar-refractivity contribution is 0.732. The third kappa shape index (κ3) is 5.50. The van der Waals surface area contributed by atoms with E-state index in [1.165, 1.54) is 16.7 Å². The van der Waals surface area contributed by atoms with Crippen LogP contribution in [0, 0.1) is 6.92 Å². The van der Waals surface area contributed by atoms with Gasteiger partial charge in [-0.25, -0.2) is 0 Å². The maximum Gasteiger partial charge on any atom is 0.0205 e. The summed E-state index contributed by atoms with van der Waals surface area (Å²) in [5.74, 6) is 2.26. The normalized spacial score (nSPS) is 10.6. The third-order valence-corrected chi connectivity index (χ3v) is 3.98. The first-order chi connectivity index (χ1) is 9.34. The van der Waals surface area contributed by atoms with Gasteiger partial charge >= 0.3 is 0 Å². The summed E-state index contributed by atoms with van der Waals surface area (Å²) in [5, 5.41) is 3.48. The highest BCUT2D eigenvalue weighted by Gasteiger charge is 1.95. The van der Waals surface area contributed by atoms with Crippen molar-refractivity contribution < 1.29 is 0 Å². The molecule has 0 amide bonds. The van der Waals surface area contributed by atoms with E-state index in [-0.39, 0.29) is 0 Å². The predicted octanol–water partition coefficient (Wildman–Crippen LogP) is 4.02. The first kappa shape index (κ1) is 14.2. The first-order valence-corrected chi connectivity index (χ1v) is 7.88. The van der Waals surface area contributed by atoms with Gasteiger partial charge in [-0.3, -0.25) is 0 Å². The van der Waals surface area contributed by atoms with Crippen LogP contribution in [0.4, 0.5) is 0 Å². The smallest absolute Gasteiger partial charge is 0.0205 e. The number of thioether (sulfide) groups is 1. The molecule has 0 aliphatic rings. The van der Waals surface area contributed by atoms with Crippen molar-refractivity contribution in [2.45, 2.75) is 19.2 Å². The van der Waals surface area contributed by atoms with E-state index < -0.39 is 0 Å². The summed E-state index contributed by atoms with van der Waals surface area (Å²) < 4.78 is 0. The predicted molar refractivity (Wildman–Crippen MR) is 85.5 cm³/mol. The van der Waals surface area contributed by atoms with Crippen LogP contribution in [-0.4, -0.2) is 12.3 Å². The van der Waals surface area contributed by atoms with Crippen LogP contribution < -0.4 is 5.32 Å². The van der Waals surface area contributed by atoms with Gasteiger partial charge in [-0.2, -0.15) is 11.8 Å². The van der Waals surface area contributed by atoms with E-state index >= 15 is 0 Å². The Bertz CT molecular complexity index is 482. The van der Waals surface area contributed by atoms with Crippen LogP contribution >= 0.6 is 11.8 Å². The van der Waals surface area contributed by atoms with E-state index in [1.54, 1.807) is 0 Å². The van der Waals surface area contributed by atoms with Crippen molar-refractivity contribution in [2.75, 3.05) is 12.3 Å². The monoisotopic (exact) mass is 271 g/mol. The van der Waals surface area contributed by atoms with Gasteiger partial charge in [0.2, 0.25) is 0 Å². The molecule has 19 heavy (non-hydrogen) atoms. The minimum absolute atomic E-state index is 0.964. The van der Waals surface area contributed by atoms with E-state index in [0.717, 1.165) is 24.6 Å². The molecule has 0 fully saturated rings. The topological polar surface area (TPSA) is 12.0 Å². The van der Waals surface area contributed by atoms with Crippen molar-refractivity contribution in [1.29, 1.82) is 0 Å². The van der Waals surface area contributed by atoms with E-state index in [1.807, 2.05) is 11.8 Å². The molecule has 0 unspecified atom stereocenters. The quantitative estimate of drug-likeness (QED) is 0.763. The fraction of sp³-hybridized carbons (Fsp3) is 0.294.